The molecule has 0 spiro atoms. The summed E-state index contributed by atoms with van der Waals surface area (Å²) in [6, 6.07) is 0. The van der Waals surface area contributed by atoms with E-state index in [0.717, 1.165) is 25.7 Å². The first-order valence-electron chi connectivity index (χ1n) is 8.82. The van der Waals surface area contributed by atoms with Crippen LogP contribution in [0, 0.1) is 0 Å². The van der Waals surface area contributed by atoms with Crippen molar-refractivity contribution in [1.29, 1.82) is 0 Å². The fraction of sp³-hybridized carbons (Fsp3) is 1.00. The summed E-state index contributed by atoms with van der Waals surface area (Å²) in [6.45, 7) is 4.41. The summed E-state index contributed by atoms with van der Waals surface area (Å²) in [5.74, 6) is 0.822. The minimum absolute atomic E-state index is 0.410. The van der Waals surface area contributed by atoms with Gasteiger partial charge in [0.25, 0.3) is 0 Å². The van der Waals surface area contributed by atoms with Crippen molar-refractivity contribution in [3.8, 4) is 0 Å². The summed E-state index contributed by atoms with van der Waals surface area (Å²) >= 11 is 0. The molecule has 0 heterocycles. The van der Waals surface area contributed by atoms with Crippen molar-refractivity contribution < 1.29 is 8.42 Å². The maximum absolute atomic E-state index is 11.8. The molecule has 3 heteroatoms. The van der Waals surface area contributed by atoms with Crippen molar-refractivity contribution in [1.82, 2.24) is 0 Å². The molecule has 0 rings (SSSR count). The lowest BCUT2D eigenvalue weighted by atomic mass is 10.1. The third-order valence-electron chi connectivity index (χ3n) is 3.87. The molecular formula is C17H36O2S. The summed E-state index contributed by atoms with van der Waals surface area (Å²) in [5.41, 5.74) is 0. The van der Waals surface area contributed by atoms with Crippen molar-refractivity contribution in [3.63, 3.8) is 0 Å². The molecule has 0 radical (unpaired) electrons. The Kier molecular flexibility index (Phi) is 13.9. The van der Waals surface area contributed by atoms with Gasteiger partial charge in [-0.3, -0.25) is 0 Å². The van der Waals surface area contributed by atoms with Gasteiger partial charge in [0.15, 0.2) is 0 Å². The van der Waals surface area contributed by atoms with E-state index in [1.165, 1.54) is 57.8 Å². The molecule has 0 saturated heterocycles. The van der Waals surface area contributed by atoms with Crippen LogP contribution >= 0.6 is 0 Å². The van der Waals surface area contributed by atoms with Gasteiger partial charge in [0, 0.05) is 0 Å². The molecule has 0 aromatic carbocycles. The molecule has 0 saturated carbocycles. The van der Waals surface area contributed by atoms with Gasteiger partial charge >= 0.3 is 0 Å². The number of sulfone groups is 1. The molecule has 0 aliphatic heterocycles. The smallest absolute Gasteiger partial charge is 0.150 e. The van der Waals surface area contributed by atoms with Crippen LogP contribution in [0.1, 0.15) is 97.3 Å². The van der Waals surface area contributed by atoms with Crippen LogP contribution in [-0.4, -0.2) is 19.9 Å². The number of hydrogen-bond acceptors (Lipinski definition) is 2. The highest BCUT2D eigenvalue weighted by molar-refractivity contribution is 7.91. The minimum Gasteiger partial charge on any atom is -0.229 e. The molecule has 0 fully saturated rings. The molecule has 0 unspecified atom stereocenters. The van der Waals surface area contributed by atoms with Gasteiger partial charge in [-0.15, -0.1) is 0 Å². The van der Waals surface area contributed by atoms with Gasteiger partial charge in [-0.25, -0.2) is 8.42 Å². The van der Waals surface area contributed by atoms with Crippen molar-refractivity contribution in [3.05, 3.63) is 0 Å². The predicted molar refractivity (Wildman–Crippen MR) is 90.0 cm³/mol. The Balaban J connectivity index is 3.39. The van der Waals surface area contributed by atoms with Gasteiger partial charge in [0.1, 0.15) is 9.84 Å². The molecule has 0 aromatic heterocycles. The normalized spacial score (nSPS) is 11.9. The van der Waals surface area contributed by atoms with Gasteiger partial charge in [-0.05, 0) is 12.8 Å². The standard InChI is InChI=1S/C17H36O2S/c1-3-5-7-9-10-11-13-15-17-20(18,19)16-14-12-8-6-4-2/h3-17H2,1-2H3. The Hall–Kier alpha value is -0.0500. The second-order valence-electron chi connectivity index (χ2n) is 6.04. The summed E-state index contributed by atoms with van der Waals surface area (Å²) in [4.78, 5) is 0. The maximum Gasteiger partial charge on any atom is 0.150 e. The van der Waals surface area contributed by atoms with E-state index in [9.17, 15) is 8.42 Å². The Morgan fingerprint density at radius 1 is 0.500 bits per heavy atom. The topological polar surface area (TPSA) is 34.1 Å². The SMILES string of the molecule is CCCCCCCCCCS(=O)(=O)CCCCCCC. The summed E-state index contributed by atoms with van der Waals surface area (Å²) in [5, 5.41) is 0. The molecule has 20 heavy (non-hydrogen) atoms. The highest BCUT2D eigenvalue weighted by atomic mass is 32.2. The second-order valence-corrected chi connectivity index (χ2v) is 8.34. The van der Waals surface area contributed by atoms with E-state index in [1.807, 2.05) is 0 Å². The van der Waals surface area contributed by atoms with Gasteiger partial charge < -0.3 is 0 Å². The lowest BCUT2D eigenvalue weighted by Gasteiger charge is -2.05. The van der Waals surface area contributed by atoms with Crippen LogP contribution in [0.3, 0.4) is 0 Å². The largest absolute Gasteiger partial charge is 0.229 e. The van der Waals surface area contributed by atoms with Crippen LogP contribution in [-0.2, 0) is 9.84 Å². The van der Waals surface area contributed by atoms with Crippen LogP contribution in [0.5, 0.6) is 0 Å². The fourth-order valence-electron chi connectivity index (χ4n) is 2.48. The molecule has 0 aromatic rings. The van der Waals surface area contributed by atoms with Gasteiger partial charge in [-0.2, -0.15) is 0 Å². The summed E-state index contributed by atoms with van der Waals surface area (Å²) < 4.78 is 23.7. The van der Waals surface area contributed by atoms with Gasteiger partial charge in [0.2, 0.25) is 0 Å². The zero-order valence-electron chi connectivity index (χ0n) is 13.8. The lowest BCUT2D eigenvalue weighted by molar-refractivity contribution is 0.569. The number of hydrogen-bond donors (Lipinski definition) is 0. The third-order valence-corrected chi connectivity index (χ3v) is 5.69. The average Bonchev–Trinajstić information content (AvgIpc) is 2.41. The van der Waals surface area contributed by atoms with Crippen molar-refractivity contribution in [2.45, 2.75) is 97.3 Å². The Morgan fingerprint density at radius 3 is 1.15 bits per heavy atom. The van der Waals surface area contributed by atoms with E-state index in [1.54, 1.807) is 0 Å². The van der Waals surface area contributed by atoms with Crippen molar-refractivity contribution >= 4 is 9.84 Å². The maximum atomic E-state index is 11.8. The molecular weight excluding hydrogens is 268 g/mol. The first-order chi connectivity index (χ1) is 9.62. The Morgan fingerprint density at radius 2 is 0.800 bits per heavy atom. The second kappa shape index (κ2) is 13.9. The molecule has 0 N–H and O–H groups in total. The molecule has 0 aliphatic rings. The van der Waals surface area contributed by atoms with Crippen LogP contribution < -0.4 is 0 Å². The molecule has 2 nitrogen and oxygen atoms in total. The minimum atomic E-state index is -2.77. The fourth-order valence-corrected chi connectivity index (χ4v) is 3.98. The monoisotopic (exact) mass is 304 g/mol. The summed E-state index contributed by atoms with van der Waals surface area (Å²) in [7, 11) is -2.77. The zero-order chi connectivity index (χ0) is 15.1. The Labute approximate surface area is 127 Å². The highest BCUT2D eigenvalue weighted by Crippen LogP contribution is 2.10. The Bertz CT molecular complexity index is 283. The van der Waals surface area contributed by atoms with E-state index in [4.69, 9.17) is 0 Å². The van der Waals surface area contributed by atoms with E-state index in [2.05, 4.69) is 13.8 Å². The first-order valence-corrected chi connectivity index (χ1v) is 10.6. The third kappa shape index (κ3) is 14.4. The van der Waals surface area contributed by atoms with Crippen LogP contribution in [0.15, 0.2) is 0 Å². The van der Waals surface area contributed by atoms with Crippen LogP contribution in [0.25, 0.3) is 0 Å². The van der Waals surface area contributed by atoms with E-state index in [0.29, 0.717) is 11.5 Å². The molecule has 122 valence electrons. The molecule has 0 aliphatic carbocycles. The average molecular weight is 305 g/mol. The van der Waals surface area contributed by atoms with Gasteiger partial charge in [0.05, 0.1) is 11.5 Å². The summed E-state index contributed by atoms with van der Waals surface area (Å²) in [6.07, 6.45) is 15.3. The zero-order valence-corrected chi connectivity index (χ0v) is 14.6. The van der Waals surface area contributed by atoms with Crippen LogP contribution in [0.2, 0.25) is 0 Å². The van der Waals surface area contributed by atoms with Crippen molar-refractivity contribution in [2.24, 2.45) is 0 Å². The number of unbranched alkanes of at least 4 members (excludes halogenated alkanes) is 11. The van der Waals surface area contributed by atoms with Gasteiger partial charge in [-0.1, -0.05) is 84.5 Å². The van der Waals surface area contributed by atoms with E-state index >= 15 is 0 Å². The predicted octanol–water partition coefficient (Wildman–Crippen LogP) is 5.51. The van der Waals surface area contributed by atoms with Crippen molar-refractivity contribution in [2.75, 3.05) is 11.5 Å². The quantitative estimate of drug-likeness (QED) is 0.374. The molecule has 0 bridgehead atoms. The molecule has 0 atom stereocenters. The highest BCUT2D eigenvalue weighted by Gasteiger charge is 2.09. The number of rotatable bonds is 15. The van der Waals surface area contributed by atoms with E-state index in [-0.39, 0.29) is 0 Å². The first kappa shape index (κ1) is 19.9. The lowest BCUT2D eigenvalue weighted by Crippen LogP contribution is -2.11. The van der Waals surface area contributed by atoms with Crippen LogP contribution in [0.4, 0.5) is 0 Å². The molecule has 0 amide bonds. The van der Waals surface area contributed by atoms with E-state index < -0.39 is 9.84 Å².